The maximum absolute atomic E-state index is 13.1. The van der Waals surface area contributed by atoms with Crippen molar-refractivity contribution in [3.63, 3.8) is 0 Å². The highest BCUT2D eigenvalue weighted by atomic mass is 19.1. The summed E-state index contributed by atoms with van der Waals surface area (Å²) in [7, 11) is 0. The number of para-hydroxylation sites is 1. The molecule has 0 saturated carbocycles. The number of fused-ring (bicyclic) bond motifs is 1. The number of carbonyl (C=O) groups excluding carboxylic acids is 1. The summed E-state index contributed by atoms with van der Waals surface area (Å²) < 4.78 is 18.9. The zero-order chi connectivity index (χ0) is 17.9. The summed E-state index contributed by atoms with van der Waals surface area (Å²) >= 11 is 0. The van der Waals surface area contributed by atoms with Crippen molar-refractivity contribution in [2.45, 2.75) is 12.5 Å². The molecule has 3 unspecified atom stereocenters. The van der Waals surface area contributed by atoms with Crippen molar-refractivity contribution in [1.29, 1.82) is 0 Å². The number of halogens is 1. The first-order valence-electron chi connectivity index (χ1n) is 8.93. The van der Waals surface area contributed by atoms with Crippen LogP contribution in [0.5, 0.6) is 5.75 Å². The van der Waals surface area contributed by atoms with E-state index in [9.17, 15) is 9.18 Å². The van der Waals surface area contributed by atoms with Gasteiger partial charge in [-0.1, -0.05) is 30.3 Å². The molecule has 4 rings (SSSR count). The Labute approximate surface area is 151 Å². The van der Waals surface area contributed by atoms with Gasteiger partial charge in [0.2, 0.25) is 5.91 Å². The number of hydrazine groups is 1. The number of benzene rings is 2. The lowest BCUT2D eigenvalue weighted by Crippen LogP contribution is -2.40. The minimum Gasteiger partial charge on any atom is -0.493 e. The smallest absolute Gasteiger partial charge is 0.226 e. The van der Waals surface area contributed by atoms with Gasteiger partial charge in [-0.05, 0) is 35.7 Å². The van der Waals surface area contributed by atoms with Crippen molar-refractivity contribution in [3.05, 3.63) is 65.5 Å². The lowest BCUT2D eigenvalue weighted by atomic mass is 9.93. The molecule has 2 aromatic carbocycles. The molecule has 1 saturated heterocycles. The molecule has 26 heavy (non-hydrogen) atoms. The van der Waals surface area contributed by atoms with Gasteiger partial charge in [0.05, 0.1) is 18.6 Å². The molecule has 2 aliphatic rings. The van der Waals surface area contributed by atoms with E-state index < -0.39 is 0 Å². The third-order valence-corrected chi connectivity index (χ3v) is 5.07. The van der Waals surface area contributed by atoms with Crippen LogP contribution in [0.4, 0.5) is 4.39 Å². The van der Waals surface area contributed by atoms with E-state index in [2.05, 4.69) is 22.2 Å². The Kier molecular flexibility index (Phi) is 4.86. The molecule has 2 aliphatic heterocycles. The number of carbonyl (C=O) groups is 1. The van der Waals surface area contributed by atoms with Crippen LogP contribution in [0.2, 0.25) is 0 Å². The molecule has 2 aromatic rings. The van der Waals surface area contributed by atoms with Crippen LogP contribution < -0.4 is 20.9 Å². The monoisotopic (exact) mass is 355 g/mol. The predicted octanol–water partition coefficient (Wildman–Crippen LogP) is 1.96. The second kappa shape index (κ2) is 7.43. The van der Waals surface area contributed by atoms with Crippen LogP contribution in [0.25, 0.3) is 0 Å². The van der Waals surface area contributed by atoms with Crippen LogP contribution in [-0.4, -0.2) is 25.6 Å². The van der Waals surface area contributed by atoms with Crippen LogP contribution in [0, 0.1) is 17.7 Å². The van der Waals surface area contributed by atoms with Crippen molar-refractivity contribution in [2.24, 2.45) is 11.8 Å². The van der Waals surface area contributed by atoms with Crippen LogP contribution >= 0.6 is 0 Å². The predicted molar refractivity (Wildman–Crippen MR) is 95.9 cm³/mol. The lowest BCUT2D eigenvalue weighted by molar-refractivity contribution is -0.125. The zero-order valence-corrected chi connectivity index (χ0v) is 14.4. The summed E-state index contributed by atoms with van der Waals surface area (Å²) in [6.07, 6.45) is 0.902. The van der Waals surface area contributed by atoms with Gasteiger partial charge in [0, 0.05) is 19.0 Å². The highest BCUT2D eigenvalue weighted by Crippen LogP contribution is 2.27. The first kappa shape index (κ1) is 17.0. The summed E-state index contributed by atoms with van der Waals surface area (Å²) in [5.41, 5.74) is 8.24. The van der Waals surface area contributed by atoms with Crippen molar-refractivity contribution >= 4 is 5.91 Å². The fourth-order valence-corrected chi connectivity index (χ4v) is 3.63. The molecule has 5 nitrogen and oxygen atoms in total. The van der Waals surface area contributed by atoms with Crippen LogP contribution in [0.1, 0.15) is 17.2 Å². The molecule has 0 radical (unpaired) electrons. The first-order chi connectivity index (χ1) is 12.7. The van der Waals surface area contributed by atoms with E-state index in [4.69, 9.17) is 4.74 Å². The highest BCUT2D eigenvalue weighted by molar-refractivity contribution is 5.80. The molecule has 0 spiro atoms. The van der Waals surface area contributed by atoms with E-state index in [1.54, 1.807) is 12.1 Å². The van der Waals surface area contributed by atoms with E-state index in [1.807, 2.05) is 18.2 Å². The quantitative estimate of drug-likeness (QED) is 0.785. The third-order valence-electron chi connectivity index (χ3n) is 5.07. The number of amides is 1. The topological polar surface area (TPSA) is 62.4 Å². The Hall–Kier alpha value is -2.44. The maximum atomic E-state index is 13.1. The summed E-state index contributed by atoms with van der Waals surface area (Å²) in [6.45, 7) is 1.73. The van der Waals surface area contributed by atoms with Gasteiger partial charge in [-0.2, -0.15) is 0 Å². The standard InChI is InChI=1S/C20H22FN3O2/c21-16-7-5-14(6-8-16)19-17(11-23-24-19)20(25)22-10-13-9-15-3-1-2-4-18(15)26-12-13/h1-8,13,17,19,23-24H,9-12H2,(H,22,25). The second-order valence-corrected chi connectivity index (χ2v) is 6.89. The average molecular weight is 355 g/mol. The number of rotatable bonds is 4. The van der Waals surface area contributed by atoms with Crippen LogP contribution in [0.15, 0.2) is 48.5 Å². The lowest BCUT2D eigenvalue weighted by Gasteiger charge is -2.26. The van der Waals surface area contributed by atoms with Gasteiger partial charge in [-0.3, -0.25) is 10.2 Å². The van der Waals surface area contributed by atoms with Crippen LogP contribution in [-0.2, 0) is 11.2 Å². The van der Waals surface area contributed by atoms with E-state index in [1.165, 1.54) is 17.7 Å². The van der Waals surface area contributed by atoms with E-state index in [-0.39, 0.29) is 29.6 Å². The maximum Gasteiger partial charge on any atom is 0.226 e. The Morgan fingerprint density at radius 2 is 2.00 bits per heavy atom. The van der Waals surface area contributed by atoms with Gasteiger partial charge >= 0.3 is 0 Å². The number of nitrogens with one attached hydrogen (secondary N) is 3. The summed E-state index contributed by atoms with van der Waals surface area (Å²) in [4.78, 5) is 12.7. The Balaban J connectivity index is 1.35. The van der Waals surface area contributed by atoms with Crippen molar-refractivity contribution in [2.75, 3.05) is 19.7 Å². The second-order valence-electron chi connectivity index (χ2n) is 6.89. The van der Waals surface area contributed by atoms with Gasteiger partial charge in [0.25, 0.3) is 0 Å². The van der Waals surface area contributed by atoms with Gasteiger partial charge in [-0.15, -0.1) is 0 Å². The van der Waals surface area contributed by atoms with E-state index in [0.717, 1.165) is 17.7 Å². The van der Waals surface area contributed by atoms with Crippen molar-refractivity contribution < 1.29 is 13.9 Å². The minimum absolute atomic E-state index is 0.00400. The summed E-state index contributed by atoms with van der Waals surface area (Å²) in [5, 5.41) is 3.06. The summed E-state index contributed by atoms with van der Waals surface area (Å²) in [5.74, 6) is 0.683. The Morgan fingerprint density at radius 1 is 1.19 bits per heavy atom. The van der Waals surface area contributed by atoms with Gasteiger partial charge < -0.3 is 10.1 Å². The fraction of sp³-hybridized carbons (Fsp3) is 0.350. The van der Waals surface area contributed by atoms with Gasteiger partial charge in [0.15, 0.2) is 0 Å². The van der Waals surface area contributed by atoms with Gasteiger partial charge in [0.1, 0.15) is 11.6 Å². The van der Waals surface area contributed by atoms with Gasteiger partial charge in [-0.25, -0.2) is 9.82 Å². The molecule has 136 valence electrons. The molecule has 0 bridgehead atoms. The Bertz CT molecular complexity index is 781. The highest BCUT2D eigenvalue weighted by Gasteiger charge is 2.34. The zero-order valence-electron chi connectivity index (χ0n) is 14.4. The minimum atomic E-state index is -0.279. The van der Waals surface area contributed by atoms with Crippen molar-refractivity contribution in [3.8, 4) is 5.75 Å². The molecule has 3 N–H and O–H groups in total. The normalized spacial score (nSPS) is 24.6. The molecule has 2 heterocycles. The number of hydrogen-bond acceptors (Lipinski definition) is 4. The average Bonchev–Trinajstić information content (AvgIpc) is 3.16. The largest absolute Gasteiger partial charge is 0.493 e. The Morgan fingerprint density at radius 3 is 2.85 bits per heavy atom. The molecular weight excluding hydrogens is 333 g/mol. The molecule has 1 fully saturated rings. The van der Waals surface area contributed by atoms with Crippen LogP contribution in [0.3, 0.4) is 0 Å². The summed E-state index contributed by atoms with van der Waals surface area (Å²) in [6, 6.07) is 14.1. The molecule has 0 aliphatic carbocycles. The number of ether oxygens (including phenoxy) is 1. The fourth-order valence-electron chi connectivity index (χ4n) is 3.63. The first-order valence-corrected chi connectivity index (χ1v) is 8.93. The SMILES string of the molecule is O=C(NCC1COc2ccccc2C1)C1CNNC1c1ccc(F)cc1. The molecule has 6 heteroatoms. The van der Waals surface area contributed by atoms with Crippen molar-refractivity contribution in [1.82, 2.24) is 16.2 Å². The third kappa shape index (κ3) is 3.57. The van der Waals surface area contributed by atoms with E-state index >= 15 is 0 Å². The van der Waals surface area contributed by atoms with E-state index in [0.29, 0.717) is 19.7 Å². The molecule has 1 amide bonds. The molecular formula is C20H22FN3O2. The molecule has 0 aromatic heterocycles. The molecule has 3 atom stereocenters. The number of hydrogen-bond donors (Lipinski definition) is 3.